The van der Waals surface area contributed by atoms with E-state index in [-0.39, 0.29) is 5.75 Å². The number of phenols is 1. The van der Waals surface area contributed by atoms with Gasteiger partial charge in [-0.3, -0.25) is 0 Å². The van der Waals surface area contributed by atoms with Crippen LogP contribution in [-0.4, -0.2) is 16.3 Å². The Morgan fingerprint density at radius 3 is 2.77 bits per heavy atom. The van der Waals surface area contributed by atoms with E-state index in [9.17, 15) is 9.50 Å². The number of rotatable bonds is 3. The molecular formula is C10H13FO2. The Bertz CT molecular complexity index is 284. The van der Waals surface area contributed by atoms with Crippen LogP contribution in [0, 0.1) is 5.82 Å². The molecule has 0 bridgehead atoms. The maximum Gasteiger partial charge on any atom is 0.165 e. The summed E-state index contributed by atoms with van der Waals surface area (Å²) in [6.45, 7) is 1.66. The van der Waals surface area contributed by atoms with Crippen LogP contribution >= 0.6 is 0 Å². The van der Waals surface area contributed by atoms with Crippen molar-refractivity contribution >= 4 is 0 Å². The summed E-state index contributed by atoms with van der Waals surface area (Å²) in [4.78, 5) is 0. The smallest absolute Gasteiger partial charge is 0.165 e. The molecule has 0 saturated heterocycles. The molecule has 2 N–H and O–H groups in total. The van der Waals surface area contributed by atoms with Crippen LogP contribution in [-0.2, 0) is 6.42 Å². The Morgan fingerprint density at radius 2 is 2.15 bits per heavy atom. The average molecular weight is 184 g/mol. The molecule has 0 spiro atoms. The molecule has 0 aliphatic heterocycles. The lowest BCUT2D eigenvalue weighted by Crippen LogP contribution is -2.01. The van der Waals surface area contributed by atoms with Gasteiger partial charge in [-0.1, -0.05) is 12.1 Å². The number of hydrogen-bond donors (Lipinski definition) is 2. The van der Waals surface area contributed by atoms with Gasteiger partial charge in [0.15, 0.2) is 11.6 Å². The summed E-state index contributed by atoms with van der Waals surface area (Å²) in [5.41, 5.74) is 0.543. The van der Waals surface area contributed by atoms with Crippen molar-refractivity contribution < 1.29 is 14.6 Å². The summed E-state index contributed by atoms with van der Waals surface area (Å²) in [7, 11) is 0. The average Bonchev–Trinajstić information content (AvgIpc) is 2.07. The van der Waals surface area contributed by atoms with Crippen LogP contribution in [0.5, 0.6) is 5.75 Å². The summed E-state index contributed by atoms with van der Waals surface area (Å²) in [6.07, 6.45) is 0.584. The highest BCUT2D eigenvalue weighted by atomic mass is 19.1. The molecule has 0 amide bonds. The van der Waals surface area contributed by atoms with Crippen LogP contribution < -0.4 is 0 Å². The Hall–Kier alpha value is -1.09. The highest BCUT2D eigenvalue weighted by Gasteiger charge is 2.06. The van der Waals surface area contributed by atoms with Crippen LogP contribution in [0.2, 0.25) is 0 Å². The van der Waals surface area contributed by atoms with Crippen molar-refractivity contribution in [1.82, 2.24) is 0 Å². The van der Waals surface area contributed by atoms with Crippen molar-refractivity contribution in [2.45, 2.75) is 25.9 Å². The van der Waals surface area contributed by atoms with Crippen molar-refractivity contribution in [2.24, 2.45) is 0 Å². The van der Waals surface area contributed by atoms with Crippen molar-refractivity contribution in [3.05, 3.63) is 29.6 Å². The number of halogens is 1. The van der Waals surface area contributed by atoms with Crippen LogP contribution in [0.3, 0.4) is 0 Å². The lowest BCUT2D eigenvalue weighted by atomic mass is 10.1. The number of aliphatic hydroxyl groups is 1. The summed E-state index contributed by atoms with van der Waals surface area (Å²) < 4.78 is 12.8. The van der Waals surface area contributed by atoms with E-state index in [1.165, 1.54) is 6.07 Å². The monoisotopic (exact) mass is 184 g/mol. The minimum absolute atomic E-state index is 0.303. The lowest BCUT2D eigenvalue weighted by molar-refractivity contribution is 0.184. The van der Waals surface area contributed by atoms with E-state index in [0.717, 1.165) is 0 Å². The zero-order valence-electron chi connectivity index (χ0n) is 7.50. The molecule has 0 radical (unpaired) electrons. The molecule has 0 fully saturated rings. The minimum Gasteiger partial charge on any atom is -0.505 e. The molecule has 0 saturated carbocycles. The second-order valence-corrected chi connectivity index (χ2v) is 3.14. The number of aromatic hydroxyl groups is 1. The molecule has 13 heavy (non-hydrogen) atoms. The molecular weight excluding hydrogens is 171 g/mol. The number of para-hydroxylation sites is 1. The topological polar surface area (TPSA) is 40.5 Å². The van der Waals surface area contributed by atoms with E-state index in [0.29, 0.717) is 18.4 Å². The van der Waals surface area contributed by atoms with Crippen LogP contribution in [0.25, 0.3) is 0 Å². The quantitative estimate of drug-likeness (QED) is 0.752. The standard InChI is InChI=1S/C10H13FO2/c1-7(12)5-6-8-3-2-4-9(11)10(8)13/h2-4,7,12-13H,5-6H2,1H3/t7-/m1/s1. The Labute approximate surface area is 76.6 Å². The van der Waals surface area contributed by atoms with Gasteiger partial charge in [-0.2, -0.15) is 0 Å². The summed E-state index contributed by atoms with van der Waals surface area (Å²) in [5, 5.41) is 18.3. The van der Waals surface area contributed by atoms with Gasteiger partial charge < -0.3 is 10.2 Å². The largest absolute Gasteiger partial charge is 0.505 e. The summed E-state index contributed by atoms with van der Waals surface area (Å²) >= 11 is 0. The molecule has 0 unspecified atom stereocenters. The third-order valence-corrected chi connectivity index (χ3v) is 1.90. The highest BCUT2D eigenvalue weighted by molar-refractivity contribution is 5.33. The number of aliphatic hydroxyl groups excluding tert-OH is 1. The minimum atomic E-state index is -0.608. The Kier molecular flexibility index (Phi) is 3.25. The number of hydrogen-bond acceptors (Lipinski definition) is 2. The van der Waals surface area contributed by atoms with Crippen LogP contribution in [0.15, 0.2) is 18.2 Å². The molecule has 1 atom stereocenters. The normalized spacial score (nSPS) is 12.8. The Morgan fingerprint density at radius 1 is 1.46 bits per heavy atom. The molecule has 0 aliphatic carbocycles. The molecule has 2 nitrogen and oxygen atoms in total. The number of benzene rings is 1. The van der Waals surface area contributed by atoms with Crippen LogP contribution in [0.1, 0.15) is 18.9 Å². The first-order chi connectivity index (χ1) is 6.11. The molecule has 0 aliphatic rings. The van der Waals surface area contributed by atoms with Gasteiger partial charge >= 0.3 is 0 Å². The first-order valence-electron chi connectivity index (χ1n) is 4.25. The van der Waals surface area contributed by atoms with Crippen molar-refractivity contribution in [3.8, 4) is 5.75 Å². The number of phenolic OH excluding ortho intramolecular Hbond substituents is 1. The second kappa shape index (κ2) is 4.23. The van der Waals surface area contributed by atoms with Gasteiger partial charge in [-0.25, -0.2) is 4.39 Å². The molecule has 0 aromatic heterocycles. The molecule has 1 rings (SSSR count). The van der Waals surface area contributed by atoms with E-state index in [1.54, 1.807) is 19.1 Å². The van der Waals surface area contributed by atoms with Gasteiger partial charge in [0.05, 0.1) is 6.10 Å². The number of aryl methyl sites for hydroxylation is 1. The first-order valence-corrected chi connectivity index (χ1v) is 4.25. The maximum atomic E-state index is 12.8. The van der Waals surface area contributed by atoms with Gasteiger partial charge in [0.25, 0.3) is 0 Å². The predicted molar refractivity (Wildman–Crippen MR) is 48.1 cm³/mol. The SMILES string of the molecule is C[C@@H](O)CCc1cccc(F)c1O. The fraction of sp³-hybridized carbons (Fsp3) is 0.400. The highest BCUT2D eigenvalue weighted by Crippen LogP contribution is 2.22. The van der Waals surface area contributed by atoms with Gasteiger partial charge in [-0.15, -0.1) is 0 Å². The van der Waals surface area contributed by atoms with E-state index in [4.69, 9.17) is 5.11 Å². The molecule has 72 valence electrons. The zero-order chi connectivity index (χ0) is 9.84. The Balaban J connectivity index is 2.71. The molecule has 0 heterocycles. The molecule has 1 aromatic carbocycles. The third-order valence-electron chi connectivity index (χ3n) is 1.90. The third kappa shape index (κ3) is 2.70. The molecule has 1 aromatic rings. The lowest BCUT2D eigenvalue weighted by Gasteiger charge is -2.06. The maximum absolute atomic E-state index is 12.8. The van der Waals surface area contributed by atoms with E-state index >= 15 is 0 Å². The van der Waals surface area contributed by atoms with Gasteiger partial charge in [0, 0.05) is 0 Å². The van der Waals surface area contributed by atoms with Crippen LogP contribution in [0.4, 0.5) is 4.39 Å². The first kappa shape index (κ1) is 9.99. The summed E-state index contributed by atoms with van der Waals surface area (Å²) in [5.74, 6) is -0.911. The molecule has 3 heteroatoms. The van der Waals surface area contributed by atoms with E-state index in [2.05, 4.69) is 0 Å². The van der Waals surface area contributed by atoms with Crippen molar-refractivity contribution in [2.75, 3.05) is 0 Å². The van der Waals surface area contributed by atoms with Gasteiger partial charge in [0.2, 0.25) is 0 Å². The predicted octanol–water partition coefficient (Wildman–Crippen LogP) is 1.84. The van der Waals surface area contributed by atoms with Gasteiger partial charge in [-0.05, 0) is 31.4 Å². The van der Waals surface area contributed by atoms with Crippen molar-refractivity contribution in [1.29, 1.82) is 0 Å². The van der Waals surface area contributed by atoms with E-state index in [1.807, 2.05) is 0 Å². The summed E-state index contributed by atoms with van der Waals surface area (Å²) in [6, 6.07) is 4.41. The fourth-order valence-corrected chi connectivity index (χ4v) is 1.13. The second-order valence-electron chi connectivity index (χ2n) is 3.14. The van der Waals surface area contributed by atoms with Crippen molar-refractivity contribution in [3.63, 3.8) is 0 Å². The van der Waals surface area contributed by atoms with Gasteiger partial charge in [0.1, 0.15) is 0 Å². The van der Waals surface area contributed by atoms with E-state index < -0.39 is 11.9 Å². The fourth-order valence-electron chi connectivity index (χ4n) is 1.13. The zero-order valence-corrected chi connectivity index (χ0v) is 7.50.